The van der Waals surface area contributed by atoms with E-state index < -0.39 is 0 Å². The molecule has 0 saturated carbocycles. The molecule has 2 aromatic heterocycles. The lowest BCUT2D eigenvalue weighted by atomic mass is 10.1. The van der Waals surface area contributed by atoms with E-state index in [2.05, 4.69) is 45.7 Å². The Kier molecular flexibility index (Phi) is 3.33. The van der Waals surface area contributed by atoms with Gasteiger partial charge in [0.25, 0.3) is 0 Å². The Morgan fingerprint density at radius 1 is 0.667 bits per heavy atom. The largest absolute Gasteiger partial charge is 0.171 e. The number of thiol groups is 2. The third kappa shape index (κ3) is 2.41. The molecule has 1 aromatic carbocycles. The predicted octanol–water partition coefficient (Wildman–Crippen LogP) is 3.30. The SMILES string of the molecule is Sc1nnc(-c2ccc(-c3nnc(S)s3)cc2)s1. The quantitative estimate of drug-likeness (QED) is 0.713. The summed E-state index contributed by atoms with van der Waals surface area (Å²) in [5, 5.41) is 17.6. The van der Waals surface area contributed by atoms with Crippen LogP contribution < -0.4 is 0 Å². The Bertz CT molecular complexity index is 614. The van der Waals surface area contributed by atoms with E-state index in [1.165, 1.54) is 22.7 Å². The maximum atomic E-state index is 4.16. The van der Waals surface area contributed by atoms with Crippen molar-refractivity contribution in [3.05, 3.63) is 24.3 Å². The summed E-state index contributed by atoms with van der Waals surface area (Å²) < 4.78 is 1.33. The lowest BCUT2D eigenvalue weighted by Gasteiger charge is -1.97. The first kappa shape index (κ1) is 12.1. The van der Waals surface area contributed by atoms with Crippen molar-refractivity contribution < 1.29 is 0 Å². The highest BCUT2D eigenvalue weighted by Gasteiger charge is 2.07. The molecule has 0 aliphatic carbocycles. The van der Waals surface area contributed by atoms with Crippen molar-refractivity contribution in [2.75, 3.05) is 0 Å². The van der Waals surface area contributed by atoms with Crippen LogP contribution in [-0.4, -0.2) is 20.4 Å². The fourth-order valence-corrected chi connectivity index (χ4v) is 3.21. The van der Waals surface area contributed by atoms with Crippen molar-refractivity contribution >= 4 is 47.9 Å². The molecule has 2 heterocycles. The molecule has 4 nitrogen and oxygen atoms in total. The van der Waals surface area contributed by atoms with Gasteiger partial charge in [0.1, 0.15) is 10.0 Å². The summed E-state index contributed by atoms with van der Waals surface area (Å²) in [6.45, 7) is 0. The van der Waals surface area contributed by atoms with Crippen molar-refractivity contribution in [1.82, 2.24) is 20.4 Å². The molecule has 0 spiro atoms. The van der Waals surface area contributed by atoms with Crippen LogP contribution >= 0.6 is 47.9 Å². The summed E-state index contributed by atoms with van der Waals surface area (Å²) in [4.78, 5) is 0. The highest BCUT2D eigenvalue weighted by atomic mass is 32.2. The van der Waals surface area contributed by atoms with Gasteiger partial charge in [-0.3, -0.25) is 0 Å². The van der Waals surface area contributed by atoms with Crippen LogP contribution in [0.1, 0.15) is 0 Å². The molecule has 0 saturated heterocycles. The molecule has 90 valence electrons. The van der Waals surface area contributed by atoms with Gasteiger partial charge >= 0.3 is 0 Å². The topological polar surface area (TPSA) is 51.6 Å². The van der Waals surface area contributed by atoms with Gasteiger partial charge in [-0.15, -0.1) is 45.7 Å². The Labute approximate surface area is 122 Å². The molecule has 0 unspecified atom stereocenters. The van der Waals surface area contributed by atoms with E-state index in [-0.39, 0.29) is 0 Å². The molecule has 0 N–H and O–H groups in total. The Morgan fingerprint density at radius 3 is 1.33 bits per heavy atom. The smallest absolute Gasteiger partial charge is 0.137 e. The zero-order valence-electron chi connectivity index (χ0n) is 8.81. The van der Waals surface area contributed by atoms with Crippen molar-refractivity contribution in [2.24, 2.45) is 0 Å². The first-order valence-electron chi connectivity index (χ1n) is 4.88. The summed E-state index contributed by atoms with van der Waals surface area (Å²) in [5.41, 5.74) is 2.04. The zero-order chi connectivity index (χ0) is 12.5. The van der Waals surface area contributed by atoms with Gasteiger partial charge in [0, 0.05) is 11.1 Å². The lowest BCUT2D eigenvalue weighted by Crippen LogP contribution is -1.79. The van der Waals surface area contributed by atoms with Crippen molar-refractivity contribution in [2.45, 2.75) is 8.68 Å². The Morgan fingerprint density at radius 2 is 1.06 bits per heavy atom. The van der Waals surface area contributed by atoms with Crippen LogP contribution in [0, 0.1) is 0 Å². The third-order valence-electron chi connectivity index (χ3n) is 2.21. The monoisotopic (exact) mass is 310 g/mol. The molecule has 3 rings (SSSR count). The van der Waals surface area contributed by atoms with E-state index in [1.54, 1.807) is 0 Å². The van der Waals surface area contributed by atoms with Gasteiger partial charge < -0.3 is 0 Å². The maximum absolute atomic E-state index is 4.16. The normalized spacial score (nSPS) is 10.8. The van der Waals surface area contributed by atoms with E-state index in [0.717, 1.165) is 21.1 Å². The second-order valence-corrected chi connectivity index (χ2v) is 6.76. The average molecular weight is 310 g/mol. The molecule has 0 atom stereocenters. The molecule has 18 heavy (non-hydrogen) atoms. The average Bonchev–Trinajstić information content (AvgIpc) is 2.98. The number of hydrogen-bond donors (Lipinski definition) is 2. The minimum absolute atomic E-state index is 0.665. The number of rotatable bonds is 2. The van der Waals surface area contributed by atoms with Crippen LogP contribution in [0.4, 0.5) is 0 Å². The molecule has 0 aliphatic heterocycles. The molecule has 3 aromatic rings. The number of aromatic nitrogens is 4. The minimum atomic E-state index is 0.665. The van der Waals surface area contributed by atoms with Crippen LogP contribution in [0.5, 0.6) is 0 Å². The minimum Gasteiger partial charge on any atom is -0.137 e. The first-order chi connectivity index (χ1) is 8.72. The first-order valence-corrected chi connectivity index (χ1v) is 7.41. The van der Waals surface area contributed by atoms with E-state index in [0.29, 0.717) is 8.68 Å². The molecule has 0 bridgehead atoms. The predicted molar refractivity (Wildman–Crippen MR) is 78.8 cm³/mol. The second-order valence-electron chi connectivity index (χ2n) is 3.36. The van der Waals surface area contributed by atoms with Crippen LogP contribution in [0.3, 0.4) is 0 Å². The fourth-order valence-electron chi connectivity index (χ4n) is 1.42. The molecule has 0 aliphatic rings. The van der Waals surface area contributed by atoms with Crippen molar-refractivity contribution in [3.8, 4) is 21.1 Å². The van der Waals surface area contributed by atoms with Crippen LogP contribution in [0.15, 0.2) is 32.9 Å². The summed E-state index contributed by atoms with van der Waals surface area (Å²) >= 11 is 11.2. The zero-order valence-corrected chi connectivity index (χ0v) is 12.2. The van der Waals surface area contributed by atoms with Crippen LogP contribution in [0.2, 0.25) is 0 Å². The molecule has 8 heteroatoms. The number of benzene rings is 1. The highest BCUT2D eigenvalue weighted by Crippen LogP contribution is 2.29. The van der Waals surface area contributed by atoms with Gasteiger partial charge in [0.15, 0.2) is 8.68 Å². The molecular formula is C10H6N4S4. The summed E-state index contributed by atoms with van der Waals surface area (Å²) in [7, 11) is 0. The Balaban J connectivity index is 1.94. The van der Waals surface area contributed by atoms with Gasteiger partial charge in [-0.05, 0) is 0 Å². The summed E-state index contributed by atoms with van der Waals surface area (Å²) in [5.74, 6) is 0. The van der Waals surface area contributed by atoms with Gasteiger partial charge in [0.05, 0.1) is 0 Å². The van der Waals surface area contributed by atoms with Crippen molar-refractivity contribution in [1.29, 1.82) is 0 Å². The number of nitrogens with zero attached hydrogens (tertiary/aromatic N) is 4. The third-order valence-corrected chi connectivity index (χ3v) is 4.48. The standard InChI is InChI=1S/C10H6N4S4/c15-9-13-11-7(17-9)5-1-2-6(4-3-5)8-12-14-10(16)18-8/h1-4H,(H,13,15)(H,14,16). The van der Waals surface area contributed by atoms with E-state index in [4.69, 9.17) is 0 Å². The van der Waals surface area contributed by atoms with Gasteiger partial charge in [0.2, 0.25) is 0 Å². The lowest BCUT2D eigenvalue weighted by molar-refractivity contribution is 1.02. The molecular weight excluding hydrogens is 304 g/mol. The second kappa shape index (κ2) is 4.96. The summed E-state index contributed by atoms with van der Waals surface area (Å²) in [6, 6.07) is 7.95. The van der Waals surface area contributed by atoms with Crippen LogP contribution in [-0.2, 0) is 0 Å². The van der Waals surface area contributed by atoms with E-state index in [9.17, 15) is 0 Å². The summed E-state index contributed by atoms with van der Waals surface area (Å²) in [6.07, 6.45) is 0. The fraction of sp³-hybridized carbons (Fsp3) is 0. The van der Waals surface area contributed by atoms with Gasteiger partial charge in [-0.25, -0.2) is 0 Å². The molecule has 0 fully saturated rings. The molecule has 0 amide bonds. The Hall–Kier alpha value is -0.960. The number of hydrogen-bond acceptors (Lipinski definition) is 8. The van der Waals surface area contributed by atoms with E-state index in [1.807, 2.05) is 24.3 Å². The van der Waals surface area contributed by atoms with Gasteiger partial charge in [-0.1, -0.05) is 46.9 Å². The molecule has 0 radical (unpaired) electrons. The van der Waals surface area contributed by atoms with E-state index >= 15 is 0 Å². The van der Waals surface area contributed by atoms with Gasteiger partial charge in [-0.2, -0.15) is 0 Å². The van der Waals surface area contributed by atoms with Crippen LogP contribution in [0.25, 0.3) is 21.1 Å². The highest BCUT2D eigenvalue weighted by molar-refractivity contribution is 7.83. The maximum Gasteiger partial charge on any atom is 0.171 e. The van der Waals surface area contributed by atoms with Crippen molar-refractivity contribution in [3.63, 3.8) is 0 Å².